The largest absolute Gasteiger partial charge is 0.362 e. The second-order valence-corrected chi connectivity index (χ2v) is 7.78. The monoisotopic (exact) mass is 446 g/mol. The van der Waals surface area contributed by atoms with Crippen molar-refractivity contribution in [3.05, 3.63) is 94.7 Å². The zero-order chi connectivity index (χ0) is 21.2. The third-order valence-corrected chi connectivity index (χ3v) is 5.38. The smallest absolute Gasteiger partial charge is 0.162 e. The molecule has 0 saturated carbocycles. The summed E-state index contributed by atoms with van der Waals surface area (Å²) in [5, 5.41) is 9.53. The molecule has 0 bridgehead atoms. The number of rotatable bonds is 5. The summed E-state index contributed by atoms with van der Waals surface area (Å²) in [6, 6.07) is 24.9. The highest BCUT2D eigenvalue weighted by molar-refractivity contribution is 6.36. The number of hydrogen-bond donors (Lipinski definition) is 1. The number of halogens is 2. The van der Waals surface area contributed by atoms with Crippen LogP contribution in [0.25, 0.3) is 33.5 Å². The molecule has 0 aliphatic carbocycles. The van der Waals surface area contributed by atoms with Gasteiger partial charge in [-0.1, -0.05) is 70.8 Å². The second-order valence-electron chi connectivity index (χ2n) is 6.94. The first-order valence-corrected chi connectivity index (χ1v) is 10.4. The van der Waals surface area contributed by atoms with Crippen molar-refractivity contribution >= 4 is 39.9 Å². The lowest BCUT2D eigenvalue weighted by Gasteiger charge is -2.10. The maximum absolute atomic E-state index is 6.29. The lowest BCUT2D eigenvalue weighted by Crippen LogP contribution is -2.03. The highest BCUT2D eigenvalue weighted by Gasteiger charge is 2.13. The molecular weight excluding hydrogens is 431 g/mol. The number of hydrogen-bond acceptors (Lipinski definition) is 5. The van der Waals surface area contributed by atoms with Crippen LogP contribution in [-0.4, -0.2) is 15.1 Å². The first-order chi connectivity index (χ1) is 15.2. The van der Waals surface area contributed by atoms with E-state index in [9.17, 15) is 0 Å². The van der Waals surface area contributed by atoms with Gasteiger partial charge in [0.05, 0.1) is 17.1 Å². The third kappa shape index (κ3) is 4.10. The zero-order valence-electron chi connectivity index (χ0n) is 16.2. The van der Waals surface area contributed by atoms with Crippen molar-refractivity contribution in [1.82, 2.24) is 15.1 Å². The standard InChI is InChI=1S/C24H16Cl2N4O/c25-16-10-11-18(20(26)12-16)22-13-17(31-30-22)14-27-24-19-8-4-5-9-21(19)28-23(29-24)15-6-2-1-3-7-15/h1-13H,14H2,(H,27,28,29). The van der Waals surface area contributed by atoms with Crippen LogP contribution in [0.4, 0.5) is 5.82 Å². The minimum atomic E-state index is 0.410. The Morgan fingerprint density at radius 1 is 0.839 bits per heavy atom. The molecule has 2 heterocycles. The Morgan fingerprint density at radius 2 is 1.65 bits per heavy atom. The molecule has 7 heteroatoms. The van der Waals surface area contributed by atoms with E-state index in [4.69, 9.17) is 37.7 Å². The zero-order valence-corrected chi connectivity index (χ0v) is 17.7. The van der Waals surface area contributed by atoms with E-state index in [0.717, 1.165) is 27.8 Å². The topological polar surface area (TPSA) is 63.8 Å². The summed E-state index contributed by atoms with van der Waals surface area (Å²) in [5.74, 6) is 2.05. The number of benzene rings is 3. The number of fused-ring (bicyclic) bond motifs is 1. The van der Waals surface area contributed by atoms with Crippen LogP contribution in [0.1, 0.15) is 5.76 Å². The average molecular weight is 447 g/mol. The maximum atomic E-state index is 6.29. The van der Waals surface area contributed by atoms with Crippen LogP contribution in [0, 0.1) is 0 Å². The SMILES string of the molecule is Clc1ccc(-c2cc(CNc3nc(-c4ccccc4)nc4ccccc34)on2)c(Cl)c1. The van der Waals surface area contributed by atoms with Gasteiger partial charge in [-0.2, -0.15) is 0 Å². The average Bonchev–Trinajstić information content (AvgIpc) is 3.26. The molecule has 0 aliphatic rings. The van der Waals surface area contributed by atoms with Gasteiger partial charge in [-0.15, -0.1) is 0 Å². The summed E-state index contributed by atoms with van der Waals surface area (Å²) in [6.07, 6.45) is 0. The van der Waals surface area contributed by atoms with Crippen LogP contribution in [-0.2, 0) is 6.54 Å². The molecule has 0 unspecified atom stereocenters. The van der Waals surface area contributed by atoms with E-state index >= 15 is 0 Å². The van der Waals surface area contributed by atoms with Gasteiger partial charge in [-0.3, -0.25) is 0 Å². The highest BCUT2D eigenvalue weighted by atomic mass is 35.5. The Kier molecular flexibility index (Phi) is 5.28. The summed E-state index contributed by atoms with van der Waals surface area (Å²) in [5.41, 5.74) is 3.23. The van der Waals surface area contributed by atoms with Gasteiger partial charge < -0.3 is 9.84 Å². The lowest BCUT2D eigenvalue weighted by atomic mass is 10.1. The fourth-order valence-electron chi connectivity index (χ4n) is 3.32. The van der Waals surface area contributed by atoms with Crippen LogP contribution >= 0.6 is 23.2 Å². The number of para-hydroxylation sites is 1. The van der Waals surface area contributed by atoms with E-state index in [-0.39, 0.29) is 0 Å². The Balaban J connectivity index is 1.44. The lowest BCUT2D eigenvalue weighted by molar-refractivity contribution is 0.390. The Hall–Kier alpha value is -3.41. The Labute approximate surface area is 188 Å². The molecule has 2 aromatic heterocycles. The number of nitrogens with zero attached hydrogens (tertiary/aromatic N) is 3. The minimum Gasteiger partial charge on any atom is -0.362 e. The fraction of sp³-hybridized carbons (Fsp3) is 0.0417. The van der Waals surface area contributed by atoms with Crippen molar-refractivity contribution in [2.75, 3.05) is 5.32 Å². The molecule has 0 saturated heterocycles. The molecule has 1 N–H and O–H groups in total. The van der Waals surface area contributed by atoms with E-state index < -0.39 is 0 Å². The molecule has 0 amide bonds. The van der Waals surface area contributed by atoms with Crippen LogP contribution in [0.3, 0.4) is 0 Å². The van der Waals surface area contributed by atoms with Crippen LogP contribution in [0.5, 0.6) is 0 Å². The van der Waals surface area contributed by atoms with Crippen molar-refractivity contribution in [2.45, 2.75) is 6.54 Å². The normalized spacial score (nSPS) is 11.0. The number of nitrogens with one attached hydrogen (secondary N) is 1. The highest BCUT2D eigenvalue weighted by Crippen LogP contribution is 2.30. The van der Waals surface area contributed by atoms with Crippen molar-refractivity contribution in [1.29, 1.82) is 0 Å². The van der Waals surface area contributed by atoms with Gasteiger partial charge in [-0.05, 0) is 30.3 Å². The van der Waals surface area contributed by atoms with E-state index in [1.54, 1.807) is 12.1 Å². The fourth-order valence-corrected chi connectivity index (χ4v) is 3.82. The van der Waals surface area contributed by atoms with Crippen LogP contribution in [0.15, 0.2) is 83.4 Å². The van der Waals surface area contributed by atoms with Gasteiger partial charge in [0.15, 0.2) is 11.6 Å². The quantitative estimate of drug-likeness (QED) is 0.319. The molecule has 3 aromatic carbocycles. The number of anilines is 1. The molecule has 152 valence electrons. The summed E-state index contributed by atoms with van der Waals surface area (Å²) >= 11 is 12.3. The minimum absolute atomic E-state index is 0.410. The van der Waals surface area contributed by atoms with E-state index in [2.05, 4.69) is 10.5 Å². The van der Waals surface area contributed by atoms with Gasteiger partial charge in [0.2, 0.25) is 0 Å². The first-order valence-electron chi connectivity index (χ1n) is 9.64. The van der Waals surface area contributed by atoms with Crippen molar-refractivity contribution in [3.8, 4) is 22.6 Å². The number of aromatic nitrogens is 3. The summed E-state index contributed by atoms with van der Waals surface area (Å²) in [6.45, 7) is 0.410. The summed E-state index contributed by atoms with van der Waals surface area (Å²) in [4.78, 5) is 9.46. The van der Waals surface area contributed by atoms with E-state index in [1.165, 1.54) is 0 Å². The van der Waals surface area contributed by atoms with Crippen molar-refractivity contribution in [2.24, 2.45) is 0 Å². The van der Waals surface area contributed by atoms with Gasteiger partial charge in [0.25, 0.3) is 0 Å². The van der Waals surface area contributed by atoms with Crippen molar-refractivity contribution < 1.29 is 4.52 Å². The Morgan fingerprint density at radius 3 is 2.48 bits per heavy atom. The molecule has 0 spiro atoms. The summed E-state index contributed by atoms with van der Waals surface area (Å²) in [7, 11) is 0. The van der Waals surface area contributed by atoms with Gasteiger partial charge in [-0.25, -0.2) is 9.97 Å². The van der Waals surface area contributed by atoms with E-state index in [1.807, 2.05) is 66.7 Å². The predicted octanol–water partition coefficient (Wildman–Crippen LogP) is 6.87. The van der Waals surface area contributed by atoms with Crippen molar-refractivity contribution in [3.63, 3.8) is 0 Å². The Bertz CT molecular complexity index is 1370. The van der Waals surface area contributed by atoms with Gasteiger partial charge in [0.1, 0.15) is 11.5 Å². The maximum Gasteiger partial charge on any atom is 0.162 e. The molecule has 5 nitrogen and oxygen atoms in total. The van der Waals surface area contributed by atoms with Crippen LogP contribution in [0.2, 0.25) is 10.0 Å². The first kappa shape index (κ1) is 19.5. The summed E-state index contributed by atoms with van der Waals surface area (Å²) < 4.78 is 5.51. The molecule has 0 fully saturated rings. The van der Waals surface area contributed by atoms with Gasteiger partial charge in [0, 0.05) is 27.6 Å². The predicted molar refractivity (Wildman–Crippen MR) is 124 cm³/mol. The van der Waals surface area contributed by atoms with Gasteiger partial charge >= 0.3 is 0 Å². The molecule has 5 rings (SSSR count). The second kappa shape index (κ2) is 8.38. The molecule has 5 aromatic rings. The van der Waals surface area contributed by atoms with E-state index in [0.29, 0.717) is 33.9 Å². The van der Waals surface area contributed by atoms with Crippen LogP contribution < -0.4 is 5.32 Å². The third-order valence-electron chi connectivity index (χ3n) is 4.83. The molecule has 0 radical (unpaired) electrons. The molecule has 31 heavy (non-hydrogen) atoms. The molecule has 0 atom stereocenters. The molecule has 0 aliphatic heterocycles. The molecular formula is C24H16Cl2N4O.